The molecule has 0 unspecified atom stereocenters. The zero-order valence-electron chi connectivity index (χ0n) is 9.02. The fourth-order valence-corrected chi connectivity index (χ4v) is 3.16. The van der Waals surface area contributed by atoms with Crippen molar-refractivity contribution in [2.75, 3.05) is 13.2 Å². The van der Waals surface area contributed by atoms with Crippen LogP contribution in [-0.4, -0.2) is 27.7 Å². The van der Waals surface area contributed by atoms with E-state index in [-0.39, 0.29) is 22.5 Å². The van der Waals surface area contributed by atoms with Crippen LogP contribution in [0.25, 0.3) is 0 Å². The smallest absolute Gasteiger partial charge is 0.404 e. The minimum Gasteiger partial charge on any atom is -0.448 e. The van der Waals surface area contributed by atoms with Gasteiger partial charge in [0.25, 0.3) is 0 Å². The van der Waals surface area contributed by atoms with Crippen LogP contribution < -0.4 is 10.5 Å². The minimum atomic E-state index is -3.80. The maximum absolute atomic E-state index is 12.8. The Balaban J connectivity index is 2.71. The number of ether oxygens (including phenoxy) is 1. The summed E-state index contributed by atoms with van der Waals surface area (Å²) in [7, 11) is -3.80. The van der Waals surface area contributed by atoms with Crippen molar-refractivity contribution in [1.82, 2.24) is 4.72 Å². The van der Waals surface area contributed by atoms with Gasteiger partial charge in [-0.05, 0) is 34.1 Å². The maximum Gasteiger partial charge on any atom is 0.404 e. The van der Waals surface area contributed by atoms with Gasteiger partial charge in [-0.3, -0.25) is 0 Å². The molecule has 6 nitrogen and oxygen atoms in total. The summed E-state index contributed by atoms with van der Waals surface area (Å²) in [5.41, 5.74) is 4.71. The minimum absolute atomic E-state index is 0.103. The van der Waals surface area contributed by atoms with Crippen molar-refractivity contribution in [2.45, 2.75) is 4.90 Å². The summed E-state index contributed by atoms with van der Waals surface area (Å²) in [6.07, 6.45) is -0.989. The standard InChI is InChI=1S/C9H10BrFN2O4S/c10-7-5-6(11)1-2-8(7)18(15,16)13-3-4-17-9(12)14/h1-2,5,13H,3-4H2,(H2,12,14). The molecule has 0 saturated carbocycles. The van der Waals surface area contributed by atoms with E-state index in [4.69, 9.17) is 5.73 Å². The fourth-order valence-electron chi connectivity index (χ4n) is 1.10. The molecule has 0 heterocycles. The lowest BCUT2D eigenvalue weighted by Crippen LogP contribution is -2.29. The Labute approximate surface area is 111 Å². The number of rotatable bonds is 5. The first-order chi connectivity index (χ1) is 8.33. The summed E-state index contributed by atoms with van der Waals surface area (Å²) in [6, 6.07) is 3.18. The third kappa shape index (κ3) is 4.24. The number of nitrogens with two attached hydrogens (primary N) is 1. The van der Waals surface area contributed by atoms with Crippen LogP contribution in [0.2, 0.25) is 0 Å². The third-order valence-electron chi connectivity index (χ3n) is 1.82. The predicted octanol–water partition coefficient (Wildman–Crippen LogP) is 0.962. The summed E-state index contributed by atoms with van der Waals surface area (Å²) in [4.78, 5) is 10.2. The lowest BCUT2D eigenvalue weighted by Gasteiger charge is -2.08. The highest BCUT2D eigenvalue weighted by atomic mass is 79.9. The molecule has 0 aliphatic heterocycles. The number of primary amides is 1. The second-order valence-corrected chi connectivity index (χ2v) is 5.73. The van der Waals surface area contributed by atoms with Crippen molar-refractivity contribution in [3.8, 4) is 0 Å². The number of amides is 1. The van der Waals surface area contributed by atoms with Crippen LogP contribution in [0.3, 0.4) is 0 Å². The van der Waals surface area contributed by atoms with E-state index in [0.717, 1.165) is 18.2 Å². The normalized spacial score (nSPS) is 11.2. The zero-order valence-corrected chi connectivity index (χ0v) is 11.4. The van der Waals surface area contributed by atoms with Gasteiger partial charge in [-0.2, -0.15) is 0 Å². The fraction of sp³-hybridized carbons (Fsp3) is 0.222. The second kappa shape index (κ2) is 6.12. The predicted molar refractivity (Wildman–Crippen MR) is 64.8 cm³/mol. The Kier molecular flexibility index (Phi) is 5.05. The van der Waals surface area contributed by atoms with Crippen molar-refractivity contribution in [2.24, 2.45) is 5.73 Å². The number of carbonyl (C=O) groups is 1. The molecule has 100 valence electrons. The van der Waals surface area contributed by atoms with Crippen molar-refractivity contribution >= 4 is 32.0 Å². The van der Waals surface area contributed by atoms with Gasteiger partial charge in [0.15, 0.2) is 0 Å². The van der Waals surface area contributed by atoms with Crippen molar-refractivity contribution in [3.05, 3.63) is 28.5 Å². The van der Waals surface area contributed by atoms with E-state index in [2.05, 4.69) is 25.4 Å². The molecule has 0 fully saturated rings. The van der Waals surface area contributed by atoms with Crippen molar-refractivity contribution in [3.63, 3.8) is 0 Å². The van der Waals surface area contributed by atoms with Gasteiger partial charge < -0.3 is 10.5 Å². The molecule has 1 aromatic rings. The molecular weight excluding hydrogens is 331 g/mol. The van der Waals surface area contributed by atoms with Crippen LogP contribution in [0.4, 0.5) is 9.18 Å². The number of carbonyl (C=O) groups excluding carboxylic acids is 1. The lowest BCUT2D eigenvalue weighted by molar-refractivity contribution is 0.159. The molecule has 18 heavy (non-hydrogen) atoms. The summed E-state index contributed by atoms with van der Waals surface area (Å²) in [6.45, 7) is -0.317. The topological polar surface area (TPSA) is 98.5 Å². The summed E-state index contributed by atoms with van der Waals surface area (Å²) in [5.74, 6) is -0.558. The number of halogens is 2. The highest BCUT2D eigenvalue weighted by Crippen LogP contribution is 2.22. The van der Waals surface area contributed by atoms with Gasteiger partial charge in [0, 0.05) is 11.0 Å². The quantitative estimate of drug-likeness (QED) is 0.780. The van der Waals surface area contributed by atoms with Crippen LogP contribution in [0.5, 0.6) is 0 Å². The maximum atomic E-state index is 12.8. The van der Waals surface area contributed by atoms with E-state index in [1.165, 1.54) is 0 Å². The largest absolute Gasteiger partial charge is 0.448 e. The molecule has 1 rings (SSSR count). The van der Waals surface area contributed by atoms with Gasteiger partial charge in [0.2, 0.25) is 10.0 Å². The number of hydrogen-bond donors (Lipinski definition) is 2. The molecule has 0 spiro atoms. The first-order valence-corrected chi connectivity index (χ1v) is 6.97. The summed E-state index contributed by atoms with van der Waals surface area (Å²) in [5, 5.41) is 0. The van der Waals surface area contributed by atoms with Gasteiger partial charge in [-0.1, -0.05) is 0 Å². The van der Waals surface area contributed by atoms with E-state index in [1.807, 2.05) is 0 Å². The van der Waals surface area contributed by atoms with Crippen LogP contribution >= 0.6 is 15.9 Å². The van der Waals surface area contributed by atoms with Crippen LogP contribution in [0.1, 0.15) is 0 Å². The molecule has 1 aromatic carbocycles. The van der Waals surface area contributed by atoms with Crippen LogP contribution in [0, 0.1) is 5.82 Å². The number of sulfonamides is 1. The molecule has 0 saturated heterocycles. The molecule has 0 atom stereocenters. The molecule has 0 radical (unpaired) electrons. The van der Waals surface area contributed by atoms with Gasteiger partial charge in [-0.25, -0.2) is 22.3 Å². The van der Waals surface area contributed by atoms with E-state index < -0.39 is 21.9 Å². The zero-order chi connectivity index (χ0) is 13.8. The number of hydrogen-bond acceptors (Lipinski definition) is 4. The van der Waals surface area contributed by atoms with E-state index in [0.29, 0.717) is 0 Å². The second-order valence-electron chi connectivity index (χ2n) is 3.14. The Hall–Kier alpha value is -1.19. The van der Waals surface area contributed by atoms with Crippen molar-refractivity contribution < 1.29 is 22.3 Å². The Bertz CT molecular complexity index is 549. The van der Waals surface area contributed by atoms with Gasteiger partial charge >= 0.3 is 6.09 Å². The van der Waals surface area contributed by atoms with E-state index >= 15 is 0 Å². The molecule has 0 aliphatic rings. The average Bonchev–Trinajstić information content (AvgIpc) is 2.23. The molecule has 9 heteroatoms. The van der Waals surface area contributed by atoms with Crippen LogP contribution in [-0.2, 0) is 14.8 Å². The monoisotopic (exact) mass is 340 g/mol. The third-order valence-corrected chi connectivity index (χ3v) is 4.26. The van der Waals surface area contributed by atoms with Gasteiger partial charge in [0.1, 0.15) is 12.4 Å². The molecular formula is C9H10BrFN2O4S. The van der Waals surface area contributed by atoms with Crippen LogP contribution in [0.15, 0.2) is 27.6 Å². The first kappa shape index (κ1) is 14.9. The van der Waals surface area contributed by atoms with E-state index in [9.17, 15) is 17.6 Å². The molecule has 0 aromatic heterocycles. The summed E-state index contributed by atoms with van der Waals surface area (Å²) >= 11 is 2.95. The Morgan fingerprint density at radius 2 is 2.17 bits per heavy atom. The average molecular weight is 341 g/mol. The highest BCUT2D eigenvalue weighted by molar-refractivity contribution is 9.10. The highest BCUT2D eigenvalue weighted by Gasteiger charge is 2.17. The van der Waals surface area contributed by atoms with Gasteiger partial charge in [-0.15, -0.1) is 0 Å². The molecule has 0 aliphatic carbocycles. The molecule has 3 N–H and O–H groups in total. The van der Waals surface area contributed by atoms with Gasteiger partial charge in [0.05, 0.1) is 4.90 Å². The molecule has 0 bridgehead atoms. The van der Waals surface area contributed by atoms with E-state index in [1.54, 1.807) is 0 Å². The Morgan fingerprint density at radius 1 is 1.50 bits per heavy atom. The summed E-state index contributed by atoms with van der Waals surface area (Å²) < 4.78 is 43.0. The Morgan fingerprint density at radius 3 is 2.72 bits per heavy atom. The SMILES string of the molecule is NC(=O)OCCNS(=O)(=O)c1ccc(F)cc1Br. The number of benzene rings is 1. The lowest BCUT2D eigenvalue weighted by atomic mass is 10.3. The molecule has 1 amide bonds. The van der Waals surface area contributed by atoms with Crippen molar-refractivity contribution in [1.29, 1.82) is 0 Å². The number of nitrogens with one attached hydrogen (secondary N) is 1. The first-order valence-electron chi connectivity index (χ1n) is 4.70.